The third-order valence-electron chi connectivity index (χ3n) is 4.65. The number of anilines is 1. The molecule has 2 aromatic carbocycles. The maximum Gasteiger partial charge on any atom is 0.256 e. The highest BCUT2D eigenvalue weighted by atomic mass is 32.2. The molecule has 3 aromatic rings. The van der Waals surface area contributed by atoms with E-state index < -0.39 is 9.84 Å². The molecule has 29 heavy (non-hydrogen) atoms. The van der Waals surface area contributed by atoms with Crippen LogP contribution in [0.4, 0.5) is 5.69 Å². The smallest absolute Gasteiger partial charge is 0.256 e. The lowest BCUT2D eigenvalue weighted by atomic mass is 10.1. The summed E-state index contributed by atoms with van der Waals surface area (Å²) in [5.41, 5.74) is 3.09. The first-order chi connectivity index (χ1) is 13.9. The van der Waals surface area contributed by atoms with Crippen LogP contribution in [0.25, 0.3) is 11.3 Å². The average Bonchev–Trinajstić information content (AvgIpc) is 3.27. The van der Waals surface area contributed by atoms with Gasteiger partial charge >= 0.3 is 0 Å². The molecular formula is C21H20N2O3S3. The van der Waals surface area contributed by atoms with Gasteiger partial charge in [0.05, 0.1) is 27.8 Å². The van der Waals surface area contributed by atoms with Gasteiger partial charge in [0.15, 0.2) is 9.84 Å². The molecule has 0 spiro atoms. The topological polar surface area (TPSA) is 76.1 Å². The number of thioether (sulfide) groups is 1. The third-order valence-corrected chi connectivity index (χ3v) is 8.75. The molecule has 150 valence electrons. The van der Waals surface area contributed by atoms with Gasteiger partial charge in [0.1, 0.15) is 0 Å². The zero-order valence-electron chi connectivity index (χ0n) is 15.8. The lowest BCUT2D eigenvalue weighted by Crippen LogP contribution is -2.14. The summed E-state index contributed by atoms with van der Waals surface area (Å²) in [5.74, 6) is 0.186. The van der Waals surface area contributed by atoms with Crippen LogP contribution in [0.3, 0.4) is 0 Å². The van der Waals surface area contributed by atoms with Gasteiger partial charge in [0.25, 0.3) is 5.91 Å². The predicted molar refractivity (Wildman–Crippen MR) is 120 cm³/mol. The van der Waals surface area contributed by atoms with E-state index in [0.717, 1.165) is 21.2 Å². The quantitative estimate of drug-likeness (QED) is 0.620. The number of hydrogen-bond acceptors (Lipinski definition) is 6. The van der Waals surface area contributed by atoms with Crippen molar-refractivity contribution in [1.29, 1.82) is 0 Å². The van der Waals surface area contributed by atoms with E-state index in [0.29, 0.717) is 17.7 Å². The van der Waals surface area contributed by atoms with Crippen LogP contribution in [0.1, 0.15) is 21.8 Å². The van der Waals surface area contributed by atoms with Crippen LogP contribution in [0.5, 0.6) is 0 Å². The summed E-state index contributed by atoms with van der Waals surface area (Å²) in [4.78, 5) is 18.2. The molecule has 2 heterocycles. The van der Waals surface area contributed by atoms with Crippen LogP contribution in [-0.2, 0) is 9.84 Å². The number of carbonyl (C=O) groups is 1. The number of rotatable bonds is 5. The largest absolute Gasteiger partial charge is 0.322 e. The van der Waals surface area contributed by atoms with Gasteiger partial charge in [-0.05, 0) is 37.6 Å². The second-order valence-electron chi connectivity index (χ2n) is 6.93. The van der Waals surface area contributed by atoms with Gasteiger partial charge in [-0.2, -0.15) is 0 Å². The van der Waals surface area contributed by atoms with Crippen LogP contribution < -0.4 is 5.32 Å². The second kappa shape index (κ2) is 8.30. The SMILES string of the molecule is Cc1nc(-c2cccc(NC(=O)c3ccccc3S[C@H]3CCS(=O)(=O)C3)c2)cs1. The normalized spacial score (nSPS) is 17.9. The zero-order valence-corrected chi connectivity index (χ0v) is 18.2. The van der Waals surface area contributed by atoms with Crippen molar-refractivity contribution in [3.8, 4) is 11.3 Å². The Bertz CT molecular complexity index is 1160. The Kier molecular flexibility index (Phi) is 5.76. The molecule has 4 rings (SSSR count). The van der Waals surface area contributed by atoms with E-state index in [1.807, 2.05) is 54.8 Å². The summed E-state index contributed by atoms with van der Waals surface area (Å²) in [6.45, 7) is 1.96. The van der Waals surface area contributed by atoms with E-state index in [1.54, 1.807) is 17.4 Å². The fraction of sp³-hybridized carbons (Fsp3) is 0.238. The second-order valence-corrected chi connectivity index (χ2v) is 11.6. The van der Waals surface area contributed by atoms with Gasteiger partial charge < -0.3 is 5.32 Å². The van der Waals surface area contributed by atoms with Crippen LogP contribution in [-0.4, -0.2) is 36.1 Å². The number of aryl methyl sites for hydroxylation is 1. The van der Waals surface area contributed by atoms with Crippen LogP contribution in [0.15, 0.2) is 58.8 Å². The number of amides is 1. The van der Waals surface area contributed by atoms with Crippen molar-refractivity contribution in [2.24, 2.45) is 0 Å². The number of thiazole rings is 1. The van der Waals surface area contributed by atoms with E-state index >= 15 is 0 Å². The Morgan fingerprint density at radius 2 is 2.03 bits per heavy atom. The minimum atomic E-state index is -2.95. The van der Waals surface area contributed by atoms with Gasteiger partial charge in [-0.1, -0.05) is 24.3 Å². The van der Waals surface area contributed by atoms with Gasteiger partial charge in [-0.3, -0.25) is 4.79 Å². The molecule has 1 saturated heterocycles. The maximum atomic E-state index is 12.9. The first-order valence-electron chi connectivity index (χ1n) is 9.20. The van der Waals surface area contributed by atoms with Crippen LogP contribution >= 0.6 is 23.1 Å². The monoisotopic (exact) mass is 444 g/mol. The van der Waals surface area contributed by atoms with Crippen molar-refractivity contribution >= 4 is 44.5 Å². The molecule has 5 nitrogen and oxygen atoms in total. The van der Waals surface area contributed by atoms with Crippen molar-refractivity contribution in [3.05, 3.63) is 64.5 Å². The van der Waals surface area contributed by atoms with E-state index in [4.69, 9.17) is 0 Å². The lowest BCUT2D eigenvalue weighted by molar-refractivity contribution is 0.102. The standard InChI is InChI=1S/C21H20N2O3S3/c1-14-22-19(12-27-14)15-5-4-6-16(11-15)23-21(24)18-7-2-3-8-20(18)28-17-9-10-29(25,26)13-17/h2-8,11-12,17H,9-10,13H2,1H3,(H,23,24)/t17-/m0/s1. The fourth-order valence-corrected chi connectivity index (χ4v) is 7.49. The molecule has 1 aliphatic rings. The minimum Gasteiger partial charge on any atom is -0.322 e. The Morgan fingerprint density at radius 1 is 1.21 bits per heavy atom. The van der Waals surface area contributed by atoms with E-state index in [2.05, 4.69) is 10.3 Å². The Hall–Kier alpha value is -2.16. The highest BCUT2D eigenvalue weighted by Gasteiger charge is 2.29. The Balaban J connectivity index is 1.52. The third kappa shape index (κ3) is 4.88. The Morgan fingerprint density at radius 3 is 2.76 bits per heavy atom. The first-order valence-corrected chi connectivity index (χ1v) is 12.8. The Labute approximate surface area is 178 Å². The first kappa shape index (κ1) is 20.1. The van der Waals surface area contributed by atoms with Crippen molar-refractivity contribution in [2.45, 2.75) is 23.5 Å². The summed E-state index contributed by atoms with van der Waals surface area (Å²) in [5, 5.41) is 5.95. The summed E-state index contributed by atoms with van der Waals surface area (Å²) >= 11 is 3.06. The highest BCUT2D eigenvalue weighted by Crippen LogP contribution is 2.33. The average molecular weight is 445 g/mol. The summed E-state index contributed by atoms with van der Waals surface area (Å²) in [6, 6.07) is 14.9. The van der Waals surface area contributed by atoms with E-state index in [1.165, 1.54) is 11.8 Å². The number of sulfone groups is 1. The zero-order chi connectivity index (χ0) is 20.4. The summed E-state index contributed by atoms with van der Waals surface area (Å²) in [6.07, 6.45) is 0.623. The van der Waals surface area contributed by atoms with Crippen LogP contribution in [0.2, 0.25) is 0 Å². The van der Waals surface area contributed by atoms with E-state index in [9.17, 15) is 13.2 Å². The van der Waals surface area contributed by atoms with Crippen molar-refractivity contribution in [3.63, 3.8) is 0 Å². The number of benzene rings is 2. The van der Waals surface area contributed by atoms with Gasteiger partial charge in [0.2, 0.25) is 0 Å². The number of aromatic nitrogens is 1. The molecule has 0 radical (unpaired) electrons. The molecule has 1 aromatic heterocycles. The van der Waals surface area contributed by atoms with Crippen molar-refractivity contribution in [1.82, 2.24) is 4.98 Å². The van der Waals surface area contributed by atoms with Crippen LogP contribution in [0, 0.1) is 6.92 Å². The summed E-state index contributed by atoms with van der Waals surface area (Å²) < 4.78 is 23.5. The molecule has 1 atom stereocenters. The van der Waals surface area contributed by atoms with Crippen molar-refractivity contribution < 1.29 is 13.2 Å². The molecule has 8 heteroatoms. The highest BCUT2D eigenvalue weighted by molar-refractivity contribution is 8.02. The van der Waals surface area contributed by atoms with Gasteiger partial charge in [-0.15, -0.1) is 23.1 Å². The molecule has 1 amide bonds. The van der Waals surface area contributed by atoms with Gasteiger partial charge in [-0.25, -0.2) is 13.4 Å². The molecule has 0 saturated carbocycles. The number of nitrogens with zero attached hydrogens (tertiary/aromatic N) is 1. The summed E-state index contributed by atoms with van der Waals surface area (Å²) in [7, 11) is -2.95. The van der Waals surface area contributed by atoms with Crippen molar-refractivity contribution in [2.75, 3.05) is 16.8 Å². The molecular weight excluding hydrogens is 424 g/mol. The van der Waals surface area contributed by atoms with E-state index in [-0.39, 0.29) is 22.7 Å². The molecule has 0 bridgehead atoms. The fourth-order valence-electron chi connectivity index (χ4n) is 3.24. The minimum absolute atomic E-state index is 0.00909. The molecule has 0 aliphatic carbocycles. The number of hydrogen-bond donors (Lipinski definition) is 1. The predicted octanol–water partition coefficient (Wildman–Crippen LogP) is 4.65. The molecule has 1 aliphatic heterocycles. The number of carbonyl (C=O) groups excluding carboxylic acids is 1. The number of nitrogens with one attached hydrogen (secondary N) is 1. The van der Waals surface area contributed by atoms with Gasteiger partial charge in [0, 0.05) is 26.8 Å². The lowest BCUT2D eigenvalue weighted by Gasteiger charge is -2.13. The molecule has 1 N–H and O–H groups in total. The molecule has 0 unspecified atom stereocenters. The molecule has 1 fully saturated rings. The maximum absolute atomic E-state index is 12.9.